The topological polar surface area (TPSA) is 58.4 Å². The first-order chi connectivity index (χ1) is 9.51. The Kier molecular flexibility index (Phi) is 4.60. The zero-order valence-corrected chi connectivity index (χ0v) is 12.0. The van der Waals surface area contributed by atoms with Gasteiger partial charge in [0.05, 0.1) is 17.4 Å². The summed E-state index contributed by atoms with van der Waals surface area (Å²) >= 11 is 0. The van der Waals surface area contributed by atoms with E-state index in [1.54, 1.807) is 0 Å². The van der Waals surface area contributed by atoms with E-state index >= 15 is 0 Å². The molecule has 1 aliphatic carbocycles. The van der Waals surface area contributed by atoms with Gasteiger partial charge in [0.25, 0.3) is 0 Å². The summed E-state index contributed by atoms with van der Waals surface area (Å²) in [7, 11) is 0. The van der Waals surface area contributed by atoms with Crippen LogP contribution >= 0.6 is 0 Å². The highest BCUT2D eigenvalue weighted by Gasteiger charge is 2.28. The van der Waals surface area contributed by atoms with Crippen LogP contribution in [0.1, 0.15) is 26.7 Å². The third-order valence-electron chi connectivity index (χ3n) is 3.79. The molecule has 4 nitrogen and oxygen atoms in total. The molecular weight excluding hydrogens is 257 g/mol. The monoisotopic (exact) mass is 279 g/mol. The van der Waals surface area contributed by atoms with Crippen molar-refractivity contribution >= 4 is 17.3 Å². The molecule has 110 valence electrons. The van der Waals surface area contributed by atoms with Gasteiger partial charge >= 0.3 is 0 Å². The van der Waals surface area contributed by atoms with E-state index in [-0.39, 0.29) is 17.6 Å². The molecule has 5 heteroatoms. The standard InChI is InChI=1S/C15H22FN3O/c1-3-19(9-11-4-5-11)10(2)15(20)18-14-7-6-12(16)8-13(14)17/h6-8,10-11H,3-5,9,17H2,1-2H3,(H,18,20). The molecule has 20 heavy (non-hydrogen) atoms. The van der Waals surface area contributed by atoms with E-state index in [9.17, 15) is 9.18 Å². The van der Waals surface area contributed by atoms with Gasteiger partial charge in [-0.3, -0.25) is 9.69 Å². The number of hydrogen-bond acceptors (Lipinski definition) is 3. The van der Waals surface area contributed by atoms with Crippen LogP contribution in [0.5, 0.6) is 0 Å². The molecule has 0 aromatic heterocycles. The number of nitrogens with one attached hydrogen (secondary N) is 1. The third-order valence-corrected chi connectivity index (χ3v) is 3.79. The van der Waals surface area contributed by atoms with E-state index in [0.717, 1.165) is 19.0 Å². The summed E-state index contributed by atoms with van der Waals surface area (Å²) in [4.78, 5) is 14.4. The van der Waals surface area contributed by atoms with E-state index in [1.165, 1.54) is 31.0 Å². The van der Waals surface area contributed by atoms with Gasteiger partial charge in [-0.05, 0) is 50.4 Å². The van der Waals surface area contributed by atoms with Crippen LogP contribution < -0.4 is 11.1 Å². The highest BCUT2D eigenvalue weighted by molar-refractivity contribution is 5.97. The quantitative estimate of drug-likeness (QED) is 0.786. The minimum absolute atomic E-state index is 0.106. The number of nitrogens with two attached hydrogens (primary N) is 1. The number of carbonyl (C=O) groups is 1. The van der Waals surface area contributed by atoms with Gasteiger partial charge in [-0.2, -0.15) is 0 Å². The smallest absolute Gasteiger partial charge is 0.241 e. The van der Waals surface area contributed by atoms with Crippen LogP contribution in [0, 0.1) is 11.7 Å². The van der Waals surface area contributed by atoms with Crippen LogP contribution in [0.3, 0.4) is 0 Å². The molecule has 2 rings (SSSR count). The van der Waals surface area contributed by atoms with E-state index in [0.29, 0.717) is 5.69 Å². The lowest BCUT2D eigenvalue weighted by Gasteiger charge is -2.27. The van der Waals surface area contributed by atoms with Gasteiger partial charge < -0.3 is 11.1 Å². The van der Waals surface area contributed by atoms with Crippen molar-refractivity contribution in [1.82, 2.24) is 4.90 Å². The summed E-state index contributed by atoms with van der Waals surface area (Å²) in [6, 6.07) is 3.78. The Balaban J connectivity index is 1.98. The Morgan fingerprint density at radius 2 is 2.25 bits per heavy atom. The summed E-state index contributed by atoms with van der Waals surface area (Å²) in [6.45, 7) is 5.74. The molecule has 1 saturated carbocycles. The number of benzene rings is 1. The minimum atomic E-state index is -0.405. The van der Waals surface area contributed by atoms with Crippen molar-refractivity contribution in [2.24, 2.45) is 5.92 Å². The maximum absolute atomic E-state index is 13.0. The van der Waals surface area contributed by atoms with Crippen molar-refractivity contribution < 1.29 is 9.18 Å². The zero-order valence-electron chi connectivity index (χ0n) is 12.0. The van der Waals surface area contributed by atoms with Crippen LogP contribution in [0.15, 0.2) is 18.2 Å². The van der Waals surface area contributed by atoms with Crippen molar-refractivity contribution in [3.63, 3.8) is 0 Å². The number of anilines is 2. The SMILES string of the molecule is CCN(CC1CC1)C(C)C(=O)Nc1ccc(F)cc1N. The number of nitrogen functional groups attached to an aromatic ring is 1. The van der Waals surface area contributed by atoms with Gasteiger partial charge in [0, 0.05) is 6.54 Å². The number of hydrogen-bond donors (Lipinski definition) is 2. The maximum Gasteiger partial charge on any atom is 0.241 e. The van der Waals surface area contributed by atoms with Crippen LogP contribution in [0.4, 0.5) is 15.8 Å². The highest BCUT2D eigenvalue weighted by atomic mass is 19.1. The summed E-state index contributed by atoms with van der Waals surface area (Å²) in [6.07, 6.45) is 2.52. The zero-order chi connectivity index (χ0) is 14.7. The lowest BCUT2D eigenvalue weighted by molar-refractivity contribution is -0.120. The highest BCUT2D eigenvalue weighted by Crippen LogP contribution is 2.30. The van der Waals surface area contributed by atoms with Crippen LogP contribution in [0.2, 0.25) is 0 Å². The Hall–Kier alpha value is -1.62. The molecule has 1 amide bonds. The third kappa shape index (κ3) is 3.70. The molecule has 0 radical (unpaired) electrons. The second-order valence-electron chi connectivity index (χ2n) is 5.43. The van der Waals surface area contributed by atoms with Gasteiger partial charge in [-0.15, -0.1) is 0 Å². The van der Waals surface area contributed by atoms with Crippen LogP contribution in [0.25, 0.3) is 0 Å². The van der Waals surface area contributed by atoms with Crippen molar-refractivity contribution in [3.8, 4) is 0 Å². The number of halogens is 1. The molecule has 0 heterocycles. The summed E-state index contributed by atoms with van der Waals surface area (Å²) in [5.74, 6) is 0.226. The Bertz CT molecular complexity index is 488. The average Bonchev–Trinajstić information content (AvgIpc) is 3.22. The molecule has 1 aromatic carbocycles. The molecule has 0 bridgehead atoms. The van der Waals surface area contributed by atoms with Crippen molar-refractivity contribution in [2.75, 3.05) is 24.1 Å². The Labute approximate surface area is 119 Å². The first kappa shape index (κ1) is 14.8. The molecule has 1 unspecified atom stereocenters. The van der Waals surface area contributed by atoms with Gasteiger partial charge in [0.2, 0.25) is 5.91 Å². The molecule has 0 aliphatic heterocycles. The molecule has 1 aromatic rings. The number of likely N-dealkylation sites (N-methyl/N-ethyl adjacent to an activating group) is 1. The minimum Gasteiger partial charge on any atom is -0.397 e. The molecular formula is C15H22FN3O. The van der Waals surface area contributed by atoms with E-state index < -0.39 is 5.82 Å². The maximum atomic E-state index is 13.0. The number of nitrogens with zero attached hydrogens (tertiary/aromatic N) is 1. The Morgan fingerprint density at radius 1 is 1.55 bits per heavy atom. The molecule has 1 fully saturated rings. The number of rotatable bonds is 6. The van der Waals surface area contributed by atoms with E-state index in [4.69, 9.17) is 5.73 Å². The summed E-state index contributed by atoms with van der Waals surface area (Å²) in [5.41, 5.74) is 6.41. The molecule has 3 N–H and O–H groups in total. The van der Waals surface area contributed by atoms with E-state index in [2.05, 4.69) is 17.1 Å². The summed E-state index contributed by atoms with van der Waals surface area (Å²) < 4.78 is 13.0. The van der Waals surface area contributed by atoms with Crippen LogP contribution in [-0.2, 0) is 4.79 Å². The van der Waals surface area contributed by atoms with Gasteiger partial charge in [0.1, 0.15) is 5.82 Å². The fraction of sp³-hybridized carbons (Fsp3) is 0.533. The lowest BCUT2D eigenvalue weighted by Crippen LogP contribution is -2.43. The van der Waals surface area contributed by atoms with Gasteiger partial charge in [-0.1, -0.05) is 6.92 Å². The number of amides is 1. The van der Waals surface area contributed by atoms with Crippen molar-refractivity contribution in [3.05, 3.63) is 24.0 Å². The second-order valence-corrected chi connectivity index (χ2v) is 5.43. The Morgan fingerprint density at radius 3 is 2.80 bits per heavy atom. The molecule has 0 saturated heterocycles. The fourth-order valence-electron chi connectivity index (χ4n) is 2.24. The first-order valence-corrected chi connectivity index (χ1v) is 7.11. The average molecular weight is 279 g/mol. The first-order valence-electron chi connectivity index (χ1n) is 7.11. The fourth-order valence-corrected chi connectivity index (χ4v) is 2.24. The predicted molar refractivity (Wildman–Crippen MR) is 78.9 cm³/mol. The normalized spacial score (nSPS) is 16.2. The largest absolute Gasteiger partial charge is 0.397 e. The second kappa shape index (κ2) is 6.22. The summed E-state index contributed by atoms with van der Waals surface area (Å²) in [5, 5.41) is 2.77. The van der Waals surface area contributed by atoms with Crippen molar-refractivity contribution in [2.45, 2.75) is 32.7 Å². The van der Waals surface area contributed by atoms with Gasteiger partial charge in [-0.25, -0.2) is 4.39 Å². The van der Waals surface area contributed by atoms with Crippen LogP contribution in [-0.4, -0.2) is 29.9 Å². The van der Waals surface area contributed by atoms with Crippen molar-refractivity contribution in [1.29, 1.82) is 0 Å². The molecule has 1 aliphatic rings. The van der Waals surface area contributed by atoms with E-state index in [1.807, 2.05) is 6.92 Å². The van der Waals surface area contributed by atoms with Gasteiger partial charge in [0.15, 0.2) is 0 Å². The lowest BCUT2D eigenvalue weighted by atomic mass is 10.2. The number of carbonyl (C=O) groups excluding carboxylic acids is 1. The molecule has 0 spiro atoms. The molecule has 1 atom stereocenters. The predicted octanol–water partition coefficient (Wildman–Crippen LogP) is 2.47.